The van der Waals surface area contributed by atoms with Gasteiger partial charge in [-0.3, -0.25) is 0 Å². The zero-order chi connectivity index (χ0) is 22.2. The molecule has 0 spiro atoms. The summed E-state index contributed by atoms with van der Waals surface area (Å²) in [6, 6.07) is 7.28. The largest absolute Gasteiger partial charge is 0.373 e. The van der Waals surface area contributed by atoms with Gasteiger partial charge in [0.2, 0.25) is 0 Å². The number of aromatic nitrogens is 3. The lowest BCUT2D eigenvalue weighted by atomic mass is 10.0. The Hall–Kier alpha value is -2.53. The van der Waals surface area contributed by atoms with Gasteiger partial charge in [-0.15, -0.1) is 0 Å². The maximum absolute atomic E-state index is 7.22. The van der Waals surface area contributed by atoms with Crippen molar-refractivity contribution in [2.24, 2.45) is 7.05 Å². The monoisotopic (exact) mass is 471 g/mol. The van der Waals surface area contributed by atoms with Crippen molar-refractivity contribution in [3.63, 3.8) is 0 Å². The molecule has 1 aliphatic carbocycles. The van der Waals surface area contributed by atoms with E-state index in [2.05, 4.69) is 20.0 Å². The number of hydrogen-bond acceptors (Lipinski definition) is 5. The molecule has 9 heteroatoms. The maximum atomic E-state index is 7.22. The summed E-state index contributed by atoms with van der Waals surface area (Å²) in [5.41, 5.74) is 2.34. The number of halogens is 2. The quantitative estimate of drug-likeness (QED) is 0.412. The highest BCUT2D eigenvalue weighted by Crippen LogP contribution is 2.46. The van der Waals surface area contributed by atoms with Gasteiger partial charge < -0.3 is 19.0 Å². The van der Waals surface area contributed by atoms with E-state index in [0.29, 0.717) is 39.6 Å². The Morgan fingerprint density at radius 1 is 1.19 bits per heavy atom. The summed E-state index contributed by atoms with van der Waals surface area (Å²) in [5, 5.41) is 9.90. The van der Waals surface area contributed by atoms with E-state index in [1.54, 1.807) is 11.7 Å². The number of anilines is 1. The third-order valence-corrected chi connectivity index (χ3v) is 6.78. The van der Waals surface area contributed by atoms with Gasteiger partial charge in [0.15, 0.2) is 5.82 Å². The lowest BCUT2D eigenvalue weighted by Gasteiger charge is -2.31. The molecule has 32 heavy (non-hydrogen) atoms. The molecule has 7 nitrogen and oxygen atoms in total. The maximum Gasteiger partial charge on any atom is 0.254 e. The summed E-state index contributed by atoms with van der Waals surface area (Å²) in [7, 11) is 1.80. The highest BCUT2D eigenvalue weighted by molar-refractivity contribution is 6.39. The summed E-state index contributed by atoms with van der Waals surface area (Å²) in [5.74, 6) is 2.69. The molecule has 2 fully saturated rings. The first kappa shape index (κ1) is 21.3. The number of piperidine rings is 1. The summed E-state index contributed by atoms with van der Waals surface area (Å²) >= 11 is 12.9. The molecule has 1 saturated heterocycles. The van der Waals surface area contributed by atoms with Crippen LogP contribution < -0.4 is 4.90 Å². The molecule has 0 bridgehead atoms. The van der Waals surface area contributed by atoms with Crippen molar-refractivity contribution in [2.45, 2.75) is 44.3 Å². The van der Waals surface area contributed by atoms with Crippen LogP contribution in [0, 0.1) is 6.57 Å². The lowest BCUT2D eigenvalue weighted by molar-refractivity contribution is 0.0245. The van der Waals surface area contributed by atoms with Gasteiger partial charge in [0.25, 0.3) is 5.82 Å². The normalized spacial score (nSPS) is 17.0. The zero-order valence-corrected chi connectivity index (χ0v) is 19.2. The molecule has 2 aliphatic rings. The Morgan fingerprint density at radius 2 is 1.91 bits per heavy atom. The van der Waals surface area contributed by atoms with Crippen molar-refractivity contribution in [3.8, 4) is 11.3 Å². The smallest absolute Gasteiger partial charge is 0.254 e. The average molecular weight is 472 g/mol. The van der Waals surface area contributed by atoms with Crippen LogP contribution in [0.15, 0.2) is 28.8 Å². The van der Waals surface area contributed by atoms with Gasteiger partial charge >= 0.3 is 0 Å². The first-order valence-electron chi connectivity index (χ1n) is 10.8. The molecule has 1 saturated carbocycles. The van der Waals surface area contributed by atoms with Crippen LogP contribution in [-0.4, -0.2) is 34.1 Å². The Bertz CT molecular complexity index is 1150. The van der Waals surface area contributed by atoms with Gasteiger partial charge in [-0.25, -0.2) is 0 Å². The Balaban J connectivity index is 1.28. The van der Waals surface area contributed by atoms with Crippen LogP contribution in [0.1, 0.15) is 42.9 Å². The lowest BCUT2D eigenvalue weighted by Crippen LogP contribution is -2.37. The predicted octanol–water partition coefficient (Wildman–Crippen LogP) is 6.00. The van der Waals surface area contributed by atoms with E-state index in [9.17, 15) is 0 Å². The zero-order valence-electron chi connectivity index (χ0n) is 17.7. The topological polar surface area (TPSA) is 60.7 Å². The highest BCUT2D eigenvalue weighted by Gasteiger charge is 2.34. The van der Waals surface area contributed by atoms with Crippen molar-refractivity contribution >= 4 is 34.8 Å². The fourth-order valence-electron chi connectivity index (χ4n) is 4.20. The van der Waals surface area contributed by atoms with Crippen LogP contribution in [-0.2, 0) is 18.4 Å². The molecule has 0 N–H and O–H groups in total. The second-order valence-electron chi connectivity index (χ2n) is 8.34. The molecule has 1 aliphatic heterocycles. The van der Waals surface area contributed by atoms with E-state index < -0.39 is 0 Å². The van der Waals surface area contributed by atoms with Gasteiger partial charge in [-0.05, 0) is 37.8 Å². The Labute approximate surface area is 196 Å². The molecule has 0 amide bonds. The van der Waals surface area contributed by atoms with Gasteiger partial charge in [-0.2, -0.15) is 4.68 Å². The van der Waals surface area contributed by atoms with Crippen molar-refractivity contribution in [3.05, 3.63) is 57.1 Å². The first-order valence-corrected chi connectivity index (χ1v) is 11.5. The van der Waals surface area contributed by atoms with Crippen LogP contribution in [0.3, 0.4) is 0 Å². The molecule has 3 aromatic rings. The van der Waals surface area contributed by atoms with E-state index in [1.165, 1.54) is 0 Å². The van der Waals surface area contributed by atoms with Crippen LogP contribution >= 0.6 is 23.2 Å². The van der Waals surface area contributed by atoms with E-state index in [4.69, 9.17) is 39.0 Å². The van der Waals surface area contributed by atoms with E-state index >= 15 is 0 Å². The predicted molar refractivity (Wildman–Crippen MR) is 123 cm³/mol. The van der Waals surface area contributed by atoms with Crippen molar-refractivity contribution < 1.29 is 9.26 Å². The molecular weight excluding hydrogens is 449 g/mol. The minimum absolute atomic E-state index is 0.131. The average Bonchev–Trinajstić information content (AvgIpc) is 3.44. The number of nitrogens with zero attached hydrogens (tertiary/aromatic N) is 5. The summed E-state index contributed by atoms with van der Waals surface area (Å²) in [6.45, 7) is 9.31. The van der Waals surface area contributed by atoms with Crippen LogP contribution in [0.25, 0.3) is 16.1 Å². The third-order valence-electron chi connectivity index (χ3n) is 6.15. The van der Waals surface area contributed by atoms with Gasteiger partial charge in [-0.1, -0.05) is 46.1 Å². The molecule has 5 rings (SSSR count). The number of aryl methyl sites for hydroxylation is 1. The third kappa shape index (κ3) is 4.11. The molecule has 0 atom stereocenters. The van der Waals surface area contributed by atoms with Gasteiger partial charge in [0, 0.05) is 36.2 Å². The van der Waals surface area contributed by atoms with Crippen molar-refractivity contribution in [2.75, 3.05) is 18.0 Å². The molecule has 2 aromatic heterocycles. The van der Waals surface area contributed by atoms with Gasteiger partial charge in [0.1, 0.15) is 11.5 Å². The Morgan fingerprint density at radius 3 is 2.53 bits per heavy atom. The number of ether oxygens (including phenoxy) is 1. The molecule has 0 unspecified atom stereocenters. The number of hydrogen-bond donors (Lipinski definition) is 0. The fourth-order valence-corrected chi connectivity index (χ4v) is 4.78. The van der Waals surface area contributed by atoms with Crippen LogP contribution in [0.4, 0.5) is 11.6 Å². The molecule has 166 valence electrons. The number of rotatable bonds is 6. The molecular formula is C23H23Cl2N5O2. The van der Waals surface area contributed by atoms with Crippen molar-refractivity contribution in [1.29, 1.82) is 0 Å². The molecule has 0 radical (unpaired) electrons. The van der Waals surface area contributed by atoms with Gasteiger partial charge in [0.05, 0.1) is 29.8 Å². The Kier molecular flexibility index (Phi) is 5.85. The fraction of sp³-hybridized carbons (Fsp3) is 0.435. The van der Waals surface area contributed by atoms with E-state index in [0.717, 1.165) is 55.9 Å². The standard InChI is InChI=1S/C23H23Cl2N5O2/c1-26-19-12-20(27-29(19)2)30-10-8-15(9-11-30)31-13-16-22(28-32-23(16)14-6-7-14)21-17(24)4-3-5-18(21)25/h3-5,12,14-15H,6-11,13H2,2H3. The molecule has 1 aromatic carbocycles. The van der Waals surface area contributed by atoms with E-state index in [-0.39, 0.29) is 6.10 Å². The molecule has 3 heterocycles. The minimum atomic E-state index is 0.131. The van der Waals surface area contributed by atoms with Crippen LogP contribution in [0.2, 0.25) is 10.0 Å². The second-order valence-corrected chi connectivity index (χ2v) is 9.15. The second kappa shape index (κ2) is 8.78. The minimum Gasteiger partial charge on any atom is -0.373 e. The van der Waals surface area contributed by atoms with Crippen molar-refractivity contribution in [1.82, 2.24) is 14.9 Å². The SMILES string of the molecule is [C-]#[N+]c1cc(N2CCC(OCc3c(-c4c(Cl)cccc4Cl)noc3C3CC3)CC2)nn1C. The van der Waals surface area contributed by atoms with E-state index in [1.807, 2.05) is 24.3 Å². The summed E-state index contributed by atoms with van der Waals surface area (Å²) < 4.78 is 13.7. The first-order chi connectivity index (χ1) is 15.5. The summed E-state index contributed by atoms with van der Waals surface area (Å²) in [4.78, 5) is 5.70. The summed E-state index contributed by atoms with van der Waals surface area (Å²) in [6.07, 6.45) is 4.11. The highest BCUT2D eigenvalue weighted by atomic mass is 35.5. The number of benzene rings is 1. The van der Waals surface area contributed by atoms with Crippen LogP contribution in [0.5, 0.6) is 0 Å².